The van der Waals surface area contributed by atoms with E-state index in [1.165, 1.54) is 0 Å². The van der Waals surface area contributed by atoms with Crippen LogP contribution in [0.4, 0.5) is 0 Å². The highest BCUT2D eigenvalue weighted by atomic mass is 127. The first-order valence-electron chi connectivity index (χ1n) is 8.97. The molecule has 0 bridgehead atoms. The summed E-state index contributed by atoms with van der Waals surface area (Å²) in [5.74, 6) is 1.39. The summed E-state index contributed by atoms with van der Waals surface area (Å²) in [6, 6.07) is 7.77. The highest BCUT2D eigenvalue weighted by molar-refractivity contribution is 14.1. The van der Waals surface area contributed by atoms with E-state index in [-0.39, 0.29) is 0 Å². The van der Waals surface area contributed by atoms with E-state index in [9.17, 15) is 0 Å². The van der Waals surface area contributed by atoms with E-state index >= 15 is 0 Å². The van der Waals surface area contributed by atoms with E-state index in [0.29, 0.717) is 25.6 Å². The topological polar surface area (TPSA) is 90.7 Å². The molecule has 0 aliphatic carbocycles. The smallest absolute Gasteiger partial charge is 0.163 e. The summed E-state index contributed by atoms with van der Waals surface area (Å²) in [7, 11) is 1.87. The van der Waals surface area contributed by atoms with Gasteiger partial charge in [-0.05, 0) is 28.7 Å². The Morgan fingerprint density at radius 2 is 2.10 bits per heavy atom. The van der Waals surface area contributed by atoms with Crippen molar-refractivity contribution in [1.82, 2.24) is 29.9 Å². The van der Waals surface area contributed by atoms with Crippen LogP contribution in [0, 0.1) is 3.70 Å². The van der Waals surface area contributed by atoms with E-state index < -0.39 is 0 Å². The van der Waals surface area contributed by atoms with Crippen molar-refractivity contribution in [2.24, 2.45) is 7.05 Å². The average Bonchev–Trinajstić information content (AvgIpc) is 3.30. The zero-order chi connectivity index (χ0) is 20.2. The van der Waals surface area contributed by atoms with Gasteiger partial charge in [0, 0.05) is 12.6 Å². The second-order valence-electron chi connectivity index (χ2n) is 6.24. The average molecular weight is 502 g/mol. The Balaban J connectivity index is 1.41. The van der Waals surface area contributed by atoms with Crippen molar-refractivity contribution in [2.45, 2.75) is 6.61 Å². The largest absolute Gasteiger partial charge is 0.491 e. The first-order chi connectivity index (χ1) is 14.2. The molecule has 148 valence electrons. The maximum absolute atomic E-state index is 5.83. The Labute approximate surface area is 181 Å². The molecule has 0 radical (unpaired) electrons. The maximum atomic E-state index is 5.83. The summed E-state index contributed by atoms with van der Waals surface area (Å²) in [6.07, 6.45) is 5.26. The molecule has 0 spiro atoms. The number of hydrogen-bond donors (Lipinski definition) is 1. The van der Waals surface area contributed by atoms with Crippen LogP contribution in [-0.4, -0.2) is 43.2 Å². The van der Waals surface area contributed by atoms with E-state index in [1.54, 1.807) is 23.2 Å². The molecule has 3 heterocycles. The number of halogens is 1. The normalized spacial score (nSPS) is 11.1. The summed E-state index contributed by atoms with van der Waals surface area (Å²) >= 11 is 2.15. The molecule has 8 nitrogen and oxygen atoms in total. The maximum Gasteiger partial charge on any atom is 0.163 e. The van der Waals surface area contributed by atoms with E-state index in [0.717, 1.165) is 37.3 Å². The molecule has 3 aromatic heterocycles. The molecule has 0 aliphatic heterocycles. The molecule has 0 saturated carbocycles. The van der Waals surface area contributed by atoms with Crippen molar-refractivity contribution >= 4 is 39.7 Å². The van der Waals surface area contributed by atoms with Gasteiger partial charge in [0.15, 0.2) is 5.82 Å². The van der Waals surface area contributed by atoms with Crippen LogP contribution in [0.3, 0.4) is 0 Å². The molecule has 0 unspecified atom stereocenters. The third-order valence-electron chi connectivity index (χ3n) is 4.42. The van der Waals surface area contributed by atoms with Gasteiger partial charge >= 0.3 is 0 Å². The first-order valence-corrected chi connectivity index (χ1v) is 10.0. The lowest BCUT2D eigenvalue weighted by Crippen LogP contribution is -2.09. The summed E-state index contributed by atoms with van der Waals surface area (Å²) in [6.45, 7) is 5.06. The second kappa shape index (κ2) is 8.70. The van der Waals surface area contributed by atoms with Crippen molar-refractivity contribution in [3.05, 3.63) is 58.2 Å². The number of rotatable bonds is 8. The summed E-state index contributed by atoms with van der Waals surface area (Å²) < 4.78 is 14.2. The molecule has 4 rings (SSSR count). The Morgan fingerprint density at radius 1 is 1.24 bits per heavy atom. The zero-order valence-electron chi connectivity index (χ0n) is 15.8. The number of aromatic nitrogens is 6. The molecular formula is C20H19IN6O2. The standard InChI is InChI=1S/C20H19IN6O2/c1-3-13-6-4-5-7-17(13)29-9-8-28-12-16-14(10-23-27(16)2)20-22-11-15-18(24-20)19(21)26-25-15/h3-7,10-11H,1,8-9,12H2,2H3,(H,25,26). The SMILES string of the molecule is C=Cc1ccccc1OCCOCc1c(-c2ncc3[nH]nc(I)c3n2)cnn1C. The lowest BCUT2D eigenvalue weighted by Gasteiger charge is -2.10. The van der Waals surface area contributed by atoms with Gasteiger partial charge in [0.05, 0.1) is 36.9 Å². The fraction of sp³-hybridized carbons (Fsp3) is 0.200. The number of hydrogen-bond acceptors (Lipinski definition) is 6. The quantitative estimate of drug-likeness (QED) is 0.293. The lowest BCUT2D eigenvalue weighted by atomic mass is 10.2. The number of fused-ring (bicyclic) bond motifs is 1. The number of benzene rings is 1. The van der Waals surface area contributed by atoms with Crippen LogP contribution in [0.2, 0.25) is 0 Å². The van der Waals surface area contributed by atoms with Gasteiger partial charge in [0.1, 0.15) is 27.1 Å². The van der Waals surface area contributed by atoms with E-state index in [2.05, 4.69) is 54.4 Å². The molecule has 0 aliphatic rings. The highest BCUT2D eigenvalue weighted by Crippen LogP contribution is 2.24. The monoisotopic (exact) mass is 502 g/mol. The van der Waals surface area contributed by atoms with Crippen molar-refractivity contribution < 1.29 is 9.47 Å². The van der Waals surface area contributed by atoms with Crippen molar-refractivity contribution in [2.75, 3.05) is 13.2 Å². The predicted octanol–water partition coefficient (Wildman–Crippen LogP) is 3.60. The molecule has 1 aromatic carbocycles. The minimum atomic E-state index is 0.377. The fourth-order valence-electron chi connectivity index (χ4n) is 2.89. The molecule has 0 saturated heterocycles. The molecule has 4 aromatic rings. The van der Waals surface area contributed by atoms with Crippen LogP contribution in [0.1, 0.15) is 11.3 Å². The third-order valence-corrected chi connectivity index (χ3v) is 5.18. The highest BCUT2D eigenvalue weighted by Gasteiger charge is 2.15. The van der Waals surface area contributed by atoms with Crippen molar-refractivity contribution in [3.8, 4) is 17.1 Å². The third kappa shape index (κ3) is 4.15. The molecule has 0 fully saturated rings. The Morgan fingerprint density at radius 3 is 2.97 bits per heavy atom. The van der Waals surface area contributed by atoms with Gasteiger partial charge in [0.2, 0.25) is 0 Å². The first kappa shape index (κ1) is 19.5. The van der Waals surface area contributed by atoms with Crippen LogP contribution < -0.4 is 4.74 Å². The molecule has 0 amide bonds. The summed E-state index contributed by atoms with van der Waals surface area (Å²) in [5.41, 5.74) is 4.29. The van der Waals surface area contributed by atoms with Gasteiger partial charge in [-0.2, -0.15) is 10.2 Å². The van der Waals surface area contributed by atoms with Gasteiger partial charge in [0.25, 0.3) is 0 Å². The Bertz CT molecular complexity index is 1150. The Hall–Kier alpha value is -2.79. The van der Waals surface area contributed by atoms with Gasteiger partial charge in [-0.1, -0.05) is 30.9 Å². The van der Waals surface area contributed by atoms with Gasteiger partial charge in [-0.3, -0.25) is 9.78 Å². The minimum Gasteiger partial charge on any atom is -0.491 e. The number of nitrogens with one attached hydrogen (secondary N) is 1. The molecule has 0 atom stereocenters. The number of para-hydroxylation sites is 1. The minimum absolute atomic E-state index is 0.377. The van der Waals surface area contributed by atoms with Crippen molar-refractivity contribution in [3.63, 3.8) is 0 Å². The number of ether oxygens (including phenoxy) is 2. The zero-order valence-corrected chi connectivity index (χ0v) is 18.0. The molecule has 29 heavy (non-hydrogen) atoms. The fourth-order valence-corrected chi connectivity index (χ4v) is 3.43. The number of aryl methyl sites for hydroxylation is 1. The predicted molar refractivity (Wildman–Crippen MR) is 118 cm³/mol. The van der Waals surface area contributed by atoms with Crippen LogP contribution >= 0.6 is 22.6 Å². The van der Waals surface area contributed by atoms with E-state index in [1.807, 2.05) is 31.3 Å². The number of H-pyrrole nitrogens is 1. The van der Waals surface area contributed by atoms with Gasteiger partial charge < -0.3 is 9.47 Å². The Kier molecular flexibility index (Phi) is 5.86. The number of aromatic amines is 1. The second-order valence-corrected chi connectivity index (χ2v) is 7.26. The summed E-state index contributed by atoms with van der Waals surface area (Å²) in [4.78, 5) is 9.07. The van der Waals surface area contributed by atoms with E-state index in [4.69, 9.17) is 9.47 Å². The van der Waals surface area contributed by atoms with Gasteiger partial charge in [-0.15, -0.1) is 0 Å². The van der Waals surface area contributed by atoms with Crippen molar-refractivity contribution in [1.29, 1.82) is 0 Å². The van der Waals surface area contributed by atoms with Crippen LogP contribution in [0.25, 0.3) is 28.5 Å². The van der Waals surface area contributed by atoms with Crippen LogP contribution in [0.5, 0.6) is 5.75 Å². The number of nitrogens with zero attached hydrogens (tertiary/aromatic N) is 5. The van der Waals surface area contributed by atoms with Crippen LogP contribution in [0.15, 0.2) is 43.2 Å². The van der Waals surface area contributed by atoms with Crippen LogP contribution in [-0.2, 0) is 18.4 Å². The molecule has 9 heteroatoms. The van der Waals surface area contributed by atoms with Gasteiger partial charge in [-0.25, -0.2) is 9.97 Å². The lowest BCUT2D eigenvalue weighted by molar-refractivity contribution is 0.0852. The molecular weight excluding hydrogens is 483 g/mol. The molecule has 1 N–H and O–H groups in total. The summed E-state index contributed by atoms with van der Waals surface area (Å²) in [5, 5.41) is 11.4.